The van der Waals surface area contributed by atoms with Crippen molar-refractivity contribution in [2.75, 3.05) is 11.1 Å². The van der Waals surface area contributed by atoms with E-state index in [-0.39, 0.29) is 0 Å². The number of rotatable bonds is 2. The molecular formula is C10H14ClN3. The Balaban J connectivity index is 2.10. The summed E-state index contributed by atoms with van der Waals surface area (Å²) >= 11 is 5.79. The van der Waals surface area contributed by atoms with Crippen molar-refractivity contribution in [1.82, 2.24) is 4.98 Å². The van der Waals surface area contributed by atoms with Crippen molar-refractivity contribution in [3.05, 3.63) is 17.3 Å². The number of anilines is 2. The molecule has 3 N–H and O–H groups in total. The molecule has 1 fully saturated rings. The van der Waals surface area contributed by atoms with Crippen molar-refractivity contribution in [2.45, 2.75) is 26.3 Å². The standard InChI is InChI=1S/C10H14ClN3/c1-10(2)5-7(10)13-9-4-6(12)3-8(11)14-9/h3-4,7H,5H2,1-2H3,(H3,12,13,14). The van der Waals surface area contributed by atoms with Crippen LogP contribution in [0.1, 0.15) is 20.3 Å². The SMILES string of the molecule is CC1(C)CC1Nc1cc(N)cc(Cl)n1. The summed E-state index contributed by atoms with van der Waals surface area (Å²) in [5.41, 5.74) is 6.68. The lowest BCUT2D eigenvalue weighted by Crippen LogP contribution is -2.09. The Labute approximate surface area is 88.7 Å². The van der Waals surface area contributed by atoms with E-state index in [1.165, 1.54) is 6.42 Å². The molecule has 1 saturated carbocycles. The Bertz CT molecular complexity index is 342. The van der Waals surface area contributed by atoms with E-state index in [4.69, 9.17) is 17.3 Å². The van der Waals surface area contributed by atoms with Crippen LogP contribution in [-0.2, 0) is 0 Å². The van der Waals surface area contributed by atoms with Crippen LogP contribution < -0.4 is 11.1 Å². The number of halogens is 1. The molecule has 4 heteroatoms. The number of nitrogen functional groups attached to an aromatic ring is 1. The van der Waals surface area contributed by atoms with Gasteiger partial charge in [-0.1, -0.05) is 25.4 Å². The van der Waals surface area contributed by atoms with Gasteiger partial charge in [-0.15, -0.1) is 0 Å². The maximum atomic E-state index is 5.79. The number of nitrogens with two attached hydrogens (primary N) is 1. The molecule has 1 heterocycles. The van der Waals surface area contributed by atoms with Crippen molar-refractivity contribution < 1.29 is 0 Å². The molecule has 0 aliphatic heterocycles. The van der Waals surface area contributed by atoms with E-state index in [9.17, 15) is 0 Å². The van der Waals surface area contributed by atoms with E-state index in [1.807, 2.05) is 0 Å². The molecule has 76 valence electrons. The Hall–Kier alpha value is -0.960. The lowest BCUT2D eigenvalue weighted by atomic mass is 10.2. The third kappa shape index (κ3) is 1.93. The minimum absolute atomic E-state index is 0.374. The van der Waals surface area contributed by atoms with Crippen LogP contribution in [0.2, 0.25) is 5.15 Å². The summed E-state index contributed by atoms with van der Waals surface area (Å²) in [5.74, 6) is 0.769. The highest BCUT2D eigenvalue weighted by Gasteiger charge is 2.45. The minimum Gasteiger partial charge on any atom is -0.399 e. The Morgan fingerprint density at radius 2 is 2.21 bits per heavy atom. The predicted molar refractivity (Wildman–Crippen MR) is 59.5 cm³/mol. The zero-order valence-corrected chi connectivity index (χ0v) is 9.10. The van der Waals surface area contributed by atoms with Crippen LogP contribution >= 0.6 is 11.6 Å². The van der Waals surface area contributed by atoms with Crippen LogP contribution in [0.3, 0.4) is 0 Å². The second-order valence-corrected chi connectivity index (χ2v) is 4.89. The van der Waals surface area contributed by atoms with E-state index in [2.05, 4.69) is 24.1 Å². The first-order chi connectivity index (χ1) is 6.47. The second kappa shape index (κ2) is 3.02. The third-order valence-electron chi connectivity index (χ3n) is 2.65. The van der Waals surface area contributed by atoms with Gasteiger partial charge in [-0.05, 0) is 17.9 Å². The fraction of sp³-hybridized carbons (Fsp3) is 0.500. The molecule has 1 aromatic rings. The average Bonchev–Trinajstić information content (AvgIpc) is 2.55. The highest BCUT2D eigenvalue weighted by molar-refractivity contribution is 6.29. The van der Waals surface area contributed by atoms with E-state index < -0.39 is 0 Å². The summed E-state index contributed by atoms with van der Waals surface area (Å²) in [6.07, 6.45) is 1.17. The molecule has 1 aliphatic rings. The molecule has 0 radical (unpaired) electrons. The second-order valence-electron chi connectivity index (χ2n) is 4.50. The van der Waals surface area contributed by atoms with Gasteiger partial charge in [0.05, 0.1) is 0 Å². The molecule has 2 rings (SSSR count). The van der Waals surface area contributed by atoms with Crippen LogP contribution in [0, 0.1) is 5.41 Å². The lowest BCUT2D eigenvalue weighted by Gasteiger charge is -2.08. The Kier molecular flexibility index (Phi) is 2.07. The first-order valence-electron chi connectivity index (χ1n) is 4.67. The summed E-state index contributed by atoms with van der Waals surface area (Å²) in [5, 5.41) is 3.75. The first kappa shape index (κ1) is 9.59. The molecule has 0 spiro atoms. The van der Waals surface area contributed by atoms with Gasteiger partial charge in [-0.25, -0.2) is 4.98 Å². The highest BCUT2D eigenvalue weighted by Crippen LogP contribution is 2.46. The van der Waals surface area contributed by atoms with Crippen molar-refractivity contribution in [3.8, 4) is 0 Å². The van der Waals surface area contributed by atoms with Gasteiger partial charge in [0, 0.05) is 17.8 Å². The highest BCUT2D eigenvalue weighted by atomic mass is 35.5. The molecule has 3 nitrogen and oxygen atoms in total. The lowest BCUT2D eigenvalue weighted by molar-refractivity contribution is 0.630. The van der Waals surface area contributed by atoms with Gasteiger partial charge in [0.2, 0.25) is 0 Å². The smallest absolute Gasteiger partial charge is 0.133 e. The minimum atomic E-state index is 0.374. The van der Waals surface area contributed by atoms with Gasteiger partial charge in [-0.2, -0.15) is 0 Å². The van der Waals surface area contributed by atoms with E-state index in [1.54, 1.807) is 12.1 Å². The van der Waals surface area contributed by atoms with Crippen LogP contribution in [0.4, 0.5) is 11.5 Å². The predicted octanol–water partition coefficient (Wildman–Crippen LogP) is 2.53. The molecule has 0 amide bonds. The van der Waals surface area contributed by atoms with E-state index in [0.29, 0.717) is 22.3 Å². The molecule has 1 aromatic heterocycles. The first-order valence-corrected chi connectivity index (χ1v) is 5.05. The van der Waals surface area contributed by atoms with Crippen LogP contribution in [0.25, 0.3) is 0 Å². The van der Waals surface area contributed by atoms with Crippen LogP contribution in [0.5, 0.6) is 0 Å². The van der Waals surface area contributed by atoms with Gasteiger partial charge in [-0.3, -0.25) is 0 Å². The van der Waals surface area contributed by atoms with Gasteiger partial charge in [0.1, 0.15) is 11.0 Å². The summed E-state index contributed by atoms with van der Waals surface area (Å²) in [7, 11) is 0. The monoisotopic (exact) mass is 211 g/mol. The zero-order chi connectivity index (χ0) is 10.3. The number of pyridine rings is 1. The number of nitrogens with one attached hydrogen (secondary N) is 1. The summed E-state index contributed by atoms with van der Waals surface area (Å²) in [6, 6.07) is 3.94. The summed E-state index contributed by atoms with van der Waals surface area (Å²) in [4.78, 5) is 4.15. The van der Waals surface area contributed by atoms with Crippen molar-refractivity contribution in [1.29, 1.82) is 0 Å². The van der Waals surface area contributed by atoms with Crippen molar-refractivity contribution in [3.63, 3.8) is 0 Å². The summed E-state index contributed by atoms with van der Waals surface area (Å²) < 4.78 is 0. The average molecular weight is 212 g/mol. The molecule has 1 unspecified atom stereocenters. The molecule has 0 aromatic carbocycles. The van der Waals surface area contributed by atoms with E-state index in [0.717, 1.165) is 5.82 Å². The molecule has 1 atom stereocenters. The van der Waals surface area contributed by atoms with Gasteiger partial charge in [0.15, 0.2) is 0 Å². The fourth-order valence-electron chi connectivity index (χ4n) is 1.48. The van der Waals surface area contributed by atoms with Gasteiger partial charge >= 0.3 is 0 Å². The quantitative estimate of drug-likeness (QED) is 0.740. The Morgan fingerprint density at radius 3 is 2.71 bits per heavy atom. The van der Waals surface area contributed by atoms with Gasteiger partial charge in [0.25, 0.3) is 0 Å². The van der Waals surface area contributed by atoms with Gasteiger partial charge < -0.3 is 11.1 Å². The normalized spacial score (nSPS) is 23.2. The van der Waals surface area contributed by atoms with Crippen molar-refractivity contribution in [2.24, 2.45) is 5.41 Å². The van der Waals surface area contributed by atoms with E-state index >= 15 is 0 Å². The number of aromatic nitrogens is 1. The molecule has 1 aliphatic carbocycles. The zero-order valence-electron chi connectivity index (χ0n) is 8.34. The van der Waals surface area contributed by atoms with Crippen LogP contribution in [-0.4, -0.2) is 11.0 Å². The van der Waals surface area contributed by atoms with Crippen molar-refractivity contribution >= 4 is 23.1 Å². The largest absolute Gasteiger partial charge is 0.399 e. The Morgan fingerprint density at radius 1 is 1.57 bits per heavy atom. The number of hydrogen-bond acceptors (Lipinski definition) is 3. The number of hydrogen-bond donors (Lipinski definition) is 2. The maximum Gasteiger partial charge on any atom is 0.133 e. The molecule has 0 bridgehead atoms. The van der Waals surface area contributed by atoms with Crippen LogP contribution in [0.15, 0.2) is 12.1 Å². The molecular weight excluding hydrogens is 198 g/mol. The molecule has 14 heavy (non-hydrogen) atoms. The summed E-state index contributed by atoms with van der Waals surface area (Å²) in [6.45, 7) is 4.44. The number of nitrogens with zero attached hydrogens (tertiary/aromatic N) is 1. The fourth-order valence-corrected chi connectivity index (χ4v) is 1.70. The molecule has 0 saturated heterocycles. The third-order valence-corrected chi connectivity index (χ3v) is 2.85. The topological polar surface area (TPSA) is 50.9 Å². The maximum absolute atomic E-state index is 5.79.